The van der Waals surface area contributed by atoms with E-state index in [1.807, 2.05) is 0 Å². The Hall–Kier alpha value is -1.61. The van der Waals surface area contributed by atoms with E-state index in [2.05, 4.69) is 10.1 Å². The minimum Gasteiger partial charge on any atom is -0.465 e. The van der Waals surface area contributed by atoms with Crippen molar-refractivity contribution >= 4 is 42.7 Å². The number of amides is 2. The van der Waals surface area contributed by atoms with Crippen molar-refractivity contribution in [2.45, 2.75) is 20.3 Å². The van der Waals surface area contributed by atoms with Gasteiger partial charge in [-0.1, -0.05) is 0 Å². The van der Waals surface area contributed by atoms with Crippen LogP contribution in [0.15, 0.2) is 11.5 Å². The third kappa shape index (κ3) is 4.68. The topological polar surface area (TPSA) is 111 Å². The monoisotopic (exact) mass is 364 g/mol. The maximum atomic E-state index is 12.8. The molecule has 0 aromatic heterocycles. The van der Waals surface area contributed by atoms with Gasteiger partial charge in [0.2, 0.25) is 11.8 Å². The molecule has 1 saturated heterocycles. The molecule has 23 heavy (non-hydrogen) atoms. The van der Waals surface area contributed by atoms with Crippen LogP contribution in [0.4, 0.5) is 0 Å². The fraction of sp³-hybridized carbons (Fsp3) is 0.500. The Balaban J connectivity index is 3.32. The molecule has 1 aliphatic rings. The summed E-state index contributed by atoms with van der Waals surface area (Å²) in [6.45, 7) is 3.14. The Morgan fingerprint density at radius 2 is 1.91 bits per heavy atom. The maximum absolute atomic E-state index is 12.8. The summed E-state index contributed by atoms with van der Waals surface area (Å²) in [6, 6.07) is 0. The number of methoxy groups -OCH3 is 1. The third-order valence-corrected chi connectivity index (χ3v) is 4.97. The van der Waals surface area contributed by atoms with Crippen LogP contribution < -0.4 is 5.32 Å². The predicted molar refractivity (Wildman–Crippen MR) is 83.2 cm³/mol. The maximum Gasteiger partial charge on any atom is 0.370 e. The van der Waals surface area contributed by atoms with Crippen LogP contribution in [0.5, 0.6) is 0 Å². The molecular weight excluding hydrogens is 347 g/mol. The second kappa shape index (κ2) is 8.30. The highest BCUT2D eigenvalue weighted by atomic mass is 32.1. The highest BCUT2D eigenvalue weighted by Gasteiger charge is 2.38. The molecular formula is C12H17N2O7PS. The predicted octanol–water partition coefficient (Wildman–Crippen LogP) is 0.900. The normalized spacial score (nSPS) is 16.4. The summed E-state index contributed by atoms with van der Waals surface area (Å²) in [5.41, 5.74) is 0. The van der Waals surface area contributed by atoms with E-state index in [0.29, 0.717) is 0 Å². The molecule has 2 amide bonds. The van der Waals surface area contributed by atoms with Gasteiger partial charge in [0.1, 0.15) is 6.42 Å². The number of nitrogens with one attached hydrogen (secondary N) is 1. The number of carbonyl (C=O) groups is 3. The summed E-state index contributed by atoms with van der Waals surface area (Å²) in [4.78, 5) is 36.0. The van der Waals surface area contributed by atoms with Crippen molar-refractivity contribution < 1.29 is 32.7 Å². The summed E-state index contributed by atoms with van der Waals surface area (Å²) < 4.78 is 27.5. The molecule has 1 heterocycles. The molecule has 1 aliphatic heterocycles. The van der Waals surface area contributed by atoms with Gasteiger partial charge in [0.25, 0.3) is 0 Å². The number of thiocarbonyl (C=S) groups is 1. The average Bonchev–Trinajstić information content (AvgIpc) is 2.46. The third-order valence-electron chi connectivity index (χ3n) is 2.58. The summed E-state index contributed by atoms with van der Waals surface area (Å²) in [6.07, 6.45) is 0.459. The first-order valence-corrected chi connectivity index (χ1v) is 8.59. The van der Waals surface area contributed by atoms with E-state index in [0.717, 1.165) is 18.2 Å². The van der Waals surface area contributed by atoms with E-state index in [1.54, 1.807) is 13.8 Å². The second-order valence-corrected chi connectivity index (χ2v) is 6.51. The SMILES string of the molecule is CCOP(=O)(OCC)C(=CN1C(=O)CC(=O)NC1=S)C(=O)OC. The number of nitrogens with zero attached hydrogens (tertiary/aromatic N) is 1. The van der Waals surface area contributed by atoms with Gasteiger partial charge in [0, 0.05) is 6.20 Å². The first-order valence-electron chi connectivity index (χ1n) is 6.64. The highest BCUT2D eigenvalue weighted by Crippen LogP contribution is 2.56. The minimum absolute atomic E-state index is 0.000735. The molecule has 128 valence electrons. The van der Waals surface area contributed by atoms with Crippen LogP contribution in [-0.4, -0.2) is 48.1 Å². The minimum atomic E-state index is -4.02. The van der Waals surface area contributed by atoms with Crippen molar-refractivity contribution in [1.82, 2.24) is 10.2 Å². The zero-order valence-corrected chi connectivity index (χ0v) is 14.6. The molecule has 11 heteroatoms. The molecule has 0 bridgehead atoms. The van der Waals surface area contributed by atoms with E-state index >= 15 is 0 Å². The number of rotatable bonds is 7. The Kier molecular flexibility index (Phi) is 7.01. The smallest absolute Gasteiger partial charge is 0.370 e. The van der Waals surface area contributed by atoms with Gasteiger partial charge in [0.15, 0.2) is 10.4 Å². The number of carbonyl (C=O) groups excluding carboxylic acids is 3. The van der Waals surface area contributed by atoms with Gasteiger partial charge >= 0.3 is 13.6 Å². The first kappa shape index (κ1) is 19.4. The van der Waals surface area contributed by atoms with Crippen molar-refractivity contribution in [3.05, 3.63) is 11.5 Å². The Morgan fingerprint density at radius 1 is 1.35 bits per heavy atom. The summed E-state index contributed by atoms with van der Waals surface area (Å²) in [7, 11) is -2.94. The van der Waals surface area contributed by atoms with Crippen LogP contribution in [0, 0.1) is 0 Å². The van der Waals surface area contributed by atoms with Crippen molar-refractivity contribution in [3.63, 3.8) is 0 Å². The Labute approximate surface area is 138 Å². The molecule has 1 N–H and O–H groups in total. The molecule has 0 aromatic rings. The fourth-order valence-electron chi connectivity index (χ4n) is 1.67. The van der Waals surface area contributed by atoms with Crippen LogP contribution in [0.2, 0.25) is 0 Å². The quantitative estimate of drug-likeness (QED) is 0.233. The van der Waals surface area contributed by atoms with Crippen molar-refractivity contribution in [2.75, 3.05) is 20.3 Å². The molecule has 0 aliphatic carbocycles. The number of hydrogen-bond donors (Lipinski definition) is 1. The second-order valence-electron chi connectivity index (χ2n) is 4.13. The molecule has 0 atom stereocenters. The highest BCUT2D eigenvalue weighted by molar-refractivity contribution is 7.80. The van der Waals surface area contributed by atoms with E-state index in [9.17, 15) is 18.9 Å². The first-order chi connectivity index (χ1) is 10.8. The molecule has 1 rings (SSSR count). The van der Waals surface area contributed by atoms with Crippen LogP contribution in [0.3, 0.4) is 0 Å². The largest absolute Gasteiger partial charge is 0.465 e. The Morgan fingerprint density at radius 3 is 2.35 bits per heavy atom. The van der Waals surface area contributed by atoms with E-state index in [-0.39, 0.29) is 18.3 Å². The van der Waals surface area contributed by atoms with Gasteiger partial charge in [-0.2, -0.15) is 0 Å². The summed E-state index contributed by atoms with van der Waals surface area (Å²) in [5.74, 6) is -2.25. The lowest BCUT2D eigenvalue weighted by molar-refractivity contribution is -0.135. The van der Waals surface area contributed by atoms with Crippen molar-refractivity contribution in [1.29, 1.82) is 0 Å². The van der Waals surface area contributed by atoms with Crippen LogP contribution in [-0.2, 0) is 32.7 Å². The molecule has 9 nitrogen and oxygen atoms in total. The molecule has 0 saturated carbocycles. The lowest BCUT2D eigenvalue weighted by Gasteiger charge is -2.26. The zero-order chi connectivity index (χ0) is 17.6. The van der Waals surface area contributed by atoms with Gasteiger partial charge < -0.3 is 19.1 Å². The summed E-state index contributed by atoms with van der Waals surface area (Å²) >= 11 is 4.88. The number of hydrogen-bond acceptors (Lipinski definition) is 8. The lowest BCUT2D eigenvalue weighted by Crippen LogP contribution is -2.50. The fourth-order valence-corrected chi connectivity index (χ4v) is 3.54. The van der Waals surface area contributed by atoms with Gasteiger partial charge in [-0.05, 0) is 26.1 Å². The van der Waals surface area contributed by atoms with Crippen LogP contribution in [0.25, 0.3) is 0 Å². The number of ether oxygens (including phenoxy) is 1. The van der Waals surface area contributed by atoms with Gasteiger partial charge in [-0.15, -0.1) is 0 Å². The molecule has 0 unspecified atom stereocenters. The zero-order valence-electron chi connectivity index (χ0n) is 12.9. The van der Waals surface area contributed by atoms with Crippen LogP contribution >= 0.6 is 19.8 Å². The number of esters is 1. The standard InChI is InChI=1S/C12H17N2O7PS/c1-4-20-22(18,21-5-2)8(11(17)19-3)7-14-10(16)6-9(15)13-12(14)23/h7H,4-6H2,1-3H3,(H,13,15,23). The van der Waals surface area contributed by atoms with E-state index in [4.69, 9.17) is 21.3 Å². The lowest BCUT2D eigenvalue weighted by atomic mass is 10.3. The van der Waals surface area contributed by atoms with E-state index < -0.39 is 37.1 Å². The molecule has 1 fully saturated rings. The molecule has 0 radical (unpaired) electrons. The molecule has 0 aromatic carbocycles. The van der Waals surface area contributed by atoms with Crippen LogP contribution in [0.1, 0.15) is 20.3 Å². The van der Waals surface area contributed by atoms with Crippen molar-refractivity contribution in [2.24, 2.45) is 0 Å². The Bertz CT molecular complexity index is 574. The van der Waals surface area contributed by atoms with Gasteiger partial charge in [-0.3, -0.25) is 19.1 Å². The van der Waals surface area contributed by atoms with Crippen molar-refractivity contribution in [3.8, 4) is 0 Å². The van der Waals surface area contributed by atoms with Gasteiger partial charge in [-0.25, -0.2) is 4.79 Å². The van der Waals surface area contributed by atoms with Gasteiger partial charge in [0.05, 0.1) is 20.3 Å². The summed E-state index contributed by atoms with van der Waals surface area (Å²) in [5, 5.41) is 1.53. The average molecular weight is 364 g/mol. The molecule has 0 spiro atoms. The van der Waals surface area contributed by atoms with E-state index in [1.165, 1.54) is 0 Å².